The van der Waals surface area contributed by atoms with Gasteiger partial charge in [0.1, 0.15) is 0 Å². The number of hydrogen-bond acceptors (Lipinski definition) is 4. The van der Waals surface area contributed by atoms with Crippen LogP contribution in [0.5, 0.6) is 0 Å². The summed E-state index contributed by atoms with van der Waals surface area (Å²) in [6.45, 7) is 0.303. The zero-order valence-corrected chi connectivity index (χ0v) is 11.3. The Bertz CT molecular complexity index is 598. The van der Waals surface area contributed by atoms with Gasteiger partial charge in [-0.15, -0.1) is 0 Å². The number of halogens is 1. The minimum absolute atomic E-state index is 0.213. The number of ether oxygens (including phenoxy) is 1. The average molecular weight is 310 g/mol. The van der Waals surface area contributed by atoms with Crippen LogP contribution in [0.2, 0.25) is 0 Å². The SMILES string of the molecule is COCc1cc(=O)[nH]c(Nc2cccc(Br)c2)n1. The lowest BCUT2D eigenvalue weighted by Crippen LogP contribution is -2.12. The van der Waals surface area contributed by atoms with Crippen molar-refractivity contribution in [1.82, 2.24) is 9.97 Å². The molecule has 5 nitrogen and oxygen atoms in total. The van der Waals surface area contributed by atoms with Crippen LogP contribution in [-0.2, 0) is 11.3 Å². The van der Waals surface area contributed by atoms with Gasteiger partial charge >= 0.3 is 0 Å². The number of nitrogens with one attached hydrogen (secondary N) is 2. The lowest BCUT2D eigenvalue weighted by molar-refractivity contribution is 0.181. The number of methoxy groups -OCH3 is 1. The lowest BCUT2D eigenvalue weighted by atomic mass is 10.3. The Morgan fingerprint density at radius 2 is 2.28 bits per heavy atom. The van der Waals surface area contributed by atoms with Crippen molar-refractivity contribution < 1.29 is 4.74 Å². The number of anilines is 2. The molecule has 0 saturated heterocycles. The van der Waals surface area contributed by atoms with E-state index in [9.17, 15) is 4.79 Å². The first-order chi connectivity index (χ1) is 8.67. The molecule has 0 aliphatic heterocycles. The Hall–Kier alpha value is -1.66. The van der Waals surface area contributed by atoms with E-state index in [-0.39, 0.29) is 5.56 Å². The Kier molecular flexibility index (Phi) is 4.11. The molecule has 1 heterocycles. The van der Waals surface area contributed by atoms with Gasteiger partial charge in [0.05, 0.1) is 12.3 Å². The Balaban J connectivity index is 2.26. The maximum Gasteiger partial charge on any atom is 0.252 e. The highest BCUT2D eigenvalue weighted by atomic mass is 79.9. The van der Waals surface area contributed by atoms with Crippen LogP contribution >= 0.6 is 15.9 Å². The average Bonchev–Trinajstić information content (AvgIpc) is 2.28. The minimum Gasteiger partial charge on any atom is -0.378 e. The molecule has 0 radical (unpaired) electrons. The second-order valence-corrected chi connectivity index (χ2v) is 4.57. The molecule has 0 saturated carbocycles. The highest BCUT2D eigenvalue weighted by Crippen LogP contribution is 2.17. The minimum atomic E-state index is -0.213. The molecule has 0 aliphatic rings. The number of benzene rings is 1. The summed E-state index contributed by atoms with van der Waals surface area (Å²) in [5.74, 6) is 0.396. The van der Waals surface area contributed by atoms with Gasteiger partial charge in [-0.3, -0.25) is 9.78 Å². The van der Waals surface area contributed by atoms with Crippen molar-refractivity contribution in [2.75, 3.05) is 12.4 Å². The fourth-order valence-corrected chi connectivity index (χ4v) is 1.89. The Labute approximate surface area is 112 Å². The van der Waals surface area contributed by atoms with Crippen LogP contribution in [0.25, 0.3) is 0 Å². The molecular formula is C12H12BrN3O2. The number of rotatable bonds is 4. The molecular weight excluding hydrogens is 298 g/mol. The summed E-state index contributed by atoms with van der Waals surface area (Å²) in [7, 11) is 1.56. The van der Waals surface area contributed by atoms with E-state index < -0.39 is 0 Å². The predicted molar refractivity (Wildman–Crippen MR) is 73.0 cm³/mol. The van der Waals surface area contributed by atoms with Gasteiger partial charge in [0, 0.05) is 23.3 Å². The standard InChI is InChI=1S/C12H12BrN3O2/c1-18-7-10-6-11(17)16-12(15-10)14-9-4-2-3-8(13)5-9/h2-6H,7H2,1H3,(H2,14,15,16,17). The van der Waals surface area contributed by atoms with Crippen LogP contribution in [0.15, 0.2) is 39.6 Å². The first kappa shape index (κ1) is 12.8. The fraction of sp³-hybridized carbons (Fsp3) is 0.167. The molecule has 2 rings (SSSR count). The number of aromatic amines is 1. The van der Waals surface area contributed by atoms with E-state index in [4.69, 9.17) is 4.74 Å². The predicted octanol–water partition coefficient (Wildman–Crippen LogP) is 2.42. The molecule has 1 aromatic heterocycles. The molecule has 0 bridgehead atoms. The Morgan fingerprint density at radius 3 is 3.00 bits per heavy atom. The summed E-state index contributed by atoms with van der Waals surface area (Å²) in [5, 5.41) is 3.03. The monoisotopic (exact) mass is 309 g/mol. The second-order valence-electron chi connectivity index (χ2n) is 3.65. The van der Waals surface area contributed by atoms with Gasteiger partial charge in [0.15, 0.2) is 0 Å². The molecule has 0 aliphatic carbocycles. The summed E-state index contributed by atoms with van der Waals surface area (Å²) in [6.07, 6.45) is 0. The molecule has 2 N–H and O–H groups in total. The molecule has 2 aromatic rings. The maximum atomic E-state index is 11.4. The third-order valence-electron chi connectivity index (χ3n) is 2.17. The molecule has 0 atom stereocenters. The van der Waals surface area contributed by atoms with E-state index in [0.29, 0.717) is 18.2 Å². The highest BCUT2D eigenvalue weighted by Gasteiger charge is 2.02. The molecule has 94 valence electrons. The quantitative estimate of drug-likeness (QED) is 0.910. The summed E-state index contributed by atoms with van der Waals surface area (Å²) in [4.78, 5) is 18.3. The summed E-state index contributed by atoms with van der Waals surface area (Å²) in [6, 6.07) is 9.00. The Morgan fingerprint density at radius 1 is 1.44 bits per heavy atom. The van der Waals surface area contributed by atoms with Crippen molar-refractivity contribution in [3.05, 3.63) is 50.9 Å². The van der Waals surface area contributed by atoms with Crippen LogP contribution < -0.4 is 10.9 Å². The van der Waals surface area contributed by atoms with Crippen LogP contribution in [0.4, 0.5) is 11.6 Å². The first-order valence-electron chi connectivity index (χ1n) is 5.29. The van der Waals surface area contributed by atoms with Crippen molar-refractivity contribution in [3.63, 3.8) is 0 Å². The van der Waals surface area contributed by atoms with Crippen LogP contribution in [0.1, 0.15) is 5.69 Å². The van der Waals surface area contributed by atoms with E-state index >= 15 is 0 Å². The van der Waals surface area contributed by atoms with Crippen LogP contribution in [0, 0.1) is 0 Å². The molecule has 0 fully saturated rings. The third kappa shape index (κ3) is 3.41. The number of H-pyrrole nitrogens is 1. The first-order valence-corrected chi connectivity index (χ1v) is 6.08. The van der Waals surface area contributed by atoms with Crippen molar-refractivity contribution in [1.29, 1.82) is 0 Å². The van der Waals surface area contributed by atoms with Gasteiger partial charge in [0.25, 0.3) is 5.56 Å². The molecule has 0 spiro atoms. The smallest absolute Gasteiger partial charge is 0.252 e. The molecule has 0 unspecified atom stereocenters. The van der Waals surface area contributed by atoms with Gasteiger partial charge in [0.2, 0.25) is 5.95 Å². The van der Waals surface area contributed by atoms with Crippen molar-refractivity contribution in [2.45, 2.75) is 6.61 Å². The lowest BCUT2D eigenvalue weighted by Gasteiger charge is -2.07. The maximum absolute atomic E-state index is 11.4. The third-order valence-corrected chi connectivity index (χ3v) is 2.67. The second kappa shape index (κ2) is 5.79. The van der Waals surface area contributed by atoms with E-state index in [1.54, 1.807) is 7.11 Å². The van der Waals surface area contributed by atoms with Gasteiger partial charge in [-0.2, -0.15) is 0 Å². The molecule has 1 aromatic carbocycles. The summed E-state index contributed by atoms with van der Waals surface area (Å²) >= 11 is 3.38. The van der Waals surface area contributed by atoms with Crippen molar-refractivity contribution in [3.8, 4) is 0 Å². The largest absolute Gasteiger partial charge is 0.378 e. The number of nitrogens with zero attached hydrogens (tertiary/aromatic N) is 1. The van der Waals surface area contributed by atoms with Crippen molar-refractivity contribution in [2.24, 2.45) is 0 Å². The van der Waals surface area contributed by atoms with E-state index in [2.05, 4.69) is 31.2 Å². The highest BCUT2D eigenvalue weighted by molar-refractivity contribution is 9.10. The zero-order valence-electron chi connectivity index (χ0n) is 9.74. The van der Waals surface area contributed by atoms with Gasteiger partial charge in [-0.05, 0) is 18.2 Å². The topological polar surface area (TPSA) is 67.0 Å². The van der Waals surface area contributed by atoms with Crippen LogP contribution in [0.3, 0.4) is 0 Å². The molecule has 18 heavy (non-hydrogen) atoms. The van der Waals surface area contributed by atoms with E-state index in [1.165, 1.54) is 6.07 Å². The zero-order chi connectivity index (χ0) is 13.0. The van der Waals surface area contributed by atoms with Crippen LogP contribution in [-0.4, -0.2) is 17.1 Å². The van der Waals surface area contributed by atoms with E-state index in [1.807, 2.05) is 24.3 Å². The van der Waals surface area contributed by atoms with Crippen molar-refractivity contribution >= 4 is 27.6 Å². The molecule has 0 amide bonds. The van der Waals surface area contributed by atoms with Gasteiger partial charge < -0.3 is 10.1 Å². The number of aromatic nitrogens is 2. The van der Waals surface area contributed by atoms with E-state index in [0.717, 1.165) is 10.2 Å². The van der Waals surface area contributed by atoms with Gasteiger partial charge in [-0.25, -0.2) is 4.98 Å². The number of hydrogen-bond donors (Lipinski definition) is 2. The molecule has 6 heteroatoms. The summed E-state index contributed by atoms with van der Waals surface area (Å²) in [5.41, 5.74) is 1.20. The normalized spacial score (nSPS) is 10.3. The van der Waals surface area contributed by atoms with Gasteiger partial charge in [-0.1, -0.05) is 22.0 Å². The summed E-state index contributed by atoms with van der Waals surface area (Å²) < 4.78 is 5.90. The fourth-order valence-electron chi connectivity index (χ4n) is 1.49.